The molecule has 6 heteroatoms. The van der Waals surface area contributed by atoms with Gasteiger partial charge in [0.15, 0.2) is 0 Å². The number of nitrogens with one attached hydrogen (secondary N) is 1. The highest BCUT2D eigenvalue weighted by Gasteiger charge is 2.15. The molecule has 108 valence electrons. The van der Waals surface area contributed by atoms with Crippen LogP contribution in [0.2, 0.25) is 0 Å². The molecule has 5 nitrogen and oxygen atoms in total. The zero-order chi connectivity index (χ0) is 15.4. The van der Waals surface area contributed by atoms with Gasteiger partial charge in [0.2, 0.25) is 0 Å². The highest BCUT2D eigenvalue weighted by molar-refractivity contribution is 14.1. The molecule has 0 fully saturated rings. The molecule has 0 spiro atoms. The molecule has 21 heavy (non-hydrogen) atoms. The van der Waals surface area contributed by atoms with Gasteiger partial charge in [0.05, 0.1) is 5.56 Å². The molecule has 0 aliphatic carbocycles. The second-order valence-corrected chi connectivity index (χ2v) is 5.41. The van der Waals surface area contributed by atoms with Crippen LogP contribution < -0.4 is 5.32 Å². The number of aryl methyl sites for hydroxylation is 1. The summed E-state index contributed by atoms with van der Waals surface area (Å²) >= 11 is 2.02. The van der Waals surface area contributed by atoms with Crippen LogP contribution in [0.4, 0.5) is 0 Å². The third-order valence-electron chi connectivity index (χ3n) is 2.64. The van der Waals surface area contributed by atoms with Gasteiger partial charge in [0, 0.05) is 9.65 Å². The molecule has 1 amide bonds. The predicted octanol–water partition coefficient (Wildman–Crippen LogP) is 3.05. The van der Waals surface area contributed by atoms with Crippen LogP contribution >= 0.6 is 22.6 Å². The lowest BCUT2D eigenvalue weighted by molar-refractivity contribution is -0.132. The quantitative estimate of drug-likeness (QED) is 0.614. The number of halogens is 1. The summed E-state index contributed by atoms with van der Waals surface area (Å²) in [6, 6.07) is 10.3. The van der Waals surface area contributed by atoms with Gasteiger partial charge >= 0.3 is 5.97 Å². The number of carbonyl (C=O) groups excluding carboxylic acids is 1. The van der Waals surface area contributed by atoms with Gasteiger partial charge in [0.25, 0.3) is 5.91 Å². The molecule has 1 heterocycles. The SMILES string of the molecule is Cc1ccc(/C=C(/NC(=O)c2ccccc2I)C(=O)O)o1. The Bertz CT molecular complexity index is 718. The molecule has 2 rings (SSSR count). The lowest BCUT2D eigenvalue weighted by Crippen LogP contribution is -2.27. The van der Waals surface area contributed by atoms with Crippen LogP contribution in [0.5, 0.6) is 0 Å². The summed E-state index contributed by atoms with van der Waals surface area (Å²) in [6.45, 7) is 1.75. The van der Waals surface area contributed by atoms with Crippen LogP contribution in [0.15, 0.2) is 46.5 Å². The molecule has 0 saturated heterocycles. The molecule has 1 aromatic heterocycles. The topological polar surface area (TPSA) is 79.5 Å². The smallest absolute Gasteiger partial charge is 0.352 e. The van der Waals surface area contributed by atoms with Crippen LogP contribution in [0.1, 0.15) is 21.9 Å². The van der Waals surface area contributed by atoms with E-state index in [0.717, 1.165) is 3.57 Å². The van der Waals surface area contributed by atoms with Crippen molar-refractivity contribution in [1.29, 1.82) is 0 Å². The molecule has 0 bridgehead atoms. The first-order valence-corrected chi connectivity index (χ1v) is 7.12. The van der Waals surface area contributed by atoms with E-state index in [1.54, 1.807) is 43.3 Å². The third kappa shape index (κ3) is 3.94. The Morgan fingerprint density at radius 1 is 1.24 bits per heavy atom. The Morgan fingerprint density at radius 2 is 1.95 bits per heavy atom. The fourth-order valence-electron chi connectivity index (χ4n) is 1.66. The van der Waals surface area contributed by atoms with Gasteiger partial charge in [-0.15, -0.1) is 0 Å². The fraction of sp³-hybridized carbons (Fsp3) is 0.0667. The summed E-state index contributed by atoms with van der Waals surface area (Å²) in [5.41, 5.74) is 0.176. The summed E-state index contributed by atoms with van der Waals surface area (Å²) < 4.78 is 6.02. The summed E-state index contributed by atoms with van der Waals surface area (Å²) in [5, 5.41) is 11.6. The van der Waals surface area contributed by atoms with Crippen molar-refractivity contribution >= 4 is 40.5 Å². The zero-order valence-electron chi connectivity index (χ0n) is 11.1. The molecule has 0 aliphatic rings. The number of furan rings is 1. The van der Waals surface area contributed by atoms with Crippen molar-refractivity contribution < 1.29 is 19.1 Å². The molecule has 0 aliphatic heterocycles. The zero-order valence-corrected chi connectivity index (χ0v) is 13.2. The van der Waals surface area contributed by atoms with E-state index in [1.165, 1.54) is 6.08 Å². The van der Waals surface area contributed by atoms with Crippen LogP contribution in [0.25, 0.3) is 6.08 Å². The predicted molar refractivity (Wildman–Crippen MR) is 85.7 cm³/mol. The van der Waals surface area contributed by atoms with Gasteiger partial charge in [-0.25, -0.2) is 4.79 Å². The van der Waals surface area contributed by atoms with Crippen molar-refractivity contribution in [2.45, 2.75) is 6.92 Å². The highest BCUT2D eigenvalue weighted by Crippen LogP contribution is 2.13. The second-order valence-electron chi connectivity index (χ2n) is 4.25. The Hall–Kier alpha value is -2.09. The number of carboxylic acids is 1. The lowest BCUT2D eigenvalue weighted by atomic mass is 10.2. The van der Waals surface area contributed by atoms with E-state index < -0.39 is 11.9 Å². The second kappa shape index (κ2) is 6.57. The van der Waals surface area contributed by atoms with Crippen LogP contribution in [-0.2, 0) is 4.79 Å². The summed E-state index contributed by atoms with van der Waals surface area (Å²) in [4.78, 5) is 23.4. The van der Waals surface area contributed by atoms with E-state index in [2.05, 4.69) is 5.32 Å². The Labute approximate surface area is 134 Å². The van der Waals surface area contributed by atoms with Gasteiger partial charge in [-0.05, 0) is 53.8 Å². The molecule has 0 atom stereocenters. The molecule has 2 aromatic rings. The summed E-state index contributed by atoms with van der Waals surface area (Å²) in [7, 11) is 0. The van der Waals surface area contributed by atoms with Crippen molar-refractivity contribution in [1.82, 2.24) is 5.32 Å². The van der Waals surface area contributed by atoms with E-state index >= 15 is 0 Å². The maximum Gasteiger partial charge on any atom is 0.352 e. The van der Waals surface area contributed by atoms with Gasteiger partial charge in [0.1, 0.15) is 17.2 Å². The van der Waals surface area contributed by atoms with Crippen molar-refractivity contribution in [3.8, 4) is 0 Å². The van der Waals surface area contributed by atoms with Crippen molar-refractivity contribution in [2.24, 2.45) is 0 Å². The van der Waals surface area contributed by atoms with Crippen molar-refractivity contribution in [3.05, 3.63) is 62.7 Å². The van der Waals surface area contributed by atoms with E-state index in [9.17, 15) is 14.7 Å². The normalized spacial score (nSPS) is 11.2. The number of hydrogen-bond donors (Lipinski definition) is 2. The lowest BCUT2D eigenvalue weighted by Gasteiger charge is -2.07. The van der Waals surface area contributed by atoms with Crippen molar-refractivity contribution in [3.63, 3.8) is 0 Å². The molecule has 1 aromatic carbocycles. The maximum atomic E-state index is 12.1. The van der Waals surface area contributed by atoms with E-state index in [4.69, 9.17) is 4.42 Å². The molecule has 2 N–H and O–H groups in total. The molecule has 0 radical (unpaired) electrons. The average Bonchev–Trinajstić information content (AvgIpc) is 2.83. The number of carbonyl (C=O) groups is 2. The maximum absolute atomic E-state index is 12.1. The highest BCUT2D eigenvalue weighted by atomic mass is 127. The third-order valence-corrected chi connectivity index (χ3v) is 3.59. The Balaban J connectivity index is 2.25. The van der Waals surface area contributed by atoms with E-state index in [0.29, 0.717) is 17.1 Å². The minimum Gasteiger partial charge on any atom is -0.477 e. The first-order chi connectivity index (χ1) is 9.97. The number of rotatable bonds is 4. The molecular formula is C15H12INO4. The van der Waals surface area contributed by atoms with Gasteiger partial charge in [-0.2, -0.15) is 0 Å². The van der Waals surface area contributed by atoms with Crippen molar-refractivity contribution in [2.75, 3.05) is 0 Å². The van der Waals surface area contributed by atoms with Crippen LogP contribution in [0.3, 0.4) is 0 Å². The summed E-state index contributed by atoms with van der Waals surface area (Å²) in [5.74, 6) is -0.678. The Kier molecular flexibility index (Phi) is 4.79. The molecule has 0 saturated carbocycles. The first kappa shape index (κ1) is 15.3. The standard InChI is InChI=1S/C15H12INO4/c1-9-6-7-10(21-9)8-13(15(19)20)17-14(18)11-4-2-3-5-12(11)16/h2-8H,1H3,(H,17,18)(H,19,20)/b13-8+. The largest absolute Gasteiger partial charge is 0.477 e. The van der Waals surface area contributed by atoms with Gasteiger partial charge in [-0.3, -0.25) is 4.79 Å². The Morgan fingerprint density at radius 3 is 2.52 bits per heavy atom. The van der Waals surface area contributed by atoms with E-state index in [1.807, 2.05) is 22.6 Å². The minimum absolute atomic E-state index is 0.242. The monoisotopic (exact) mass is 397 g/mol. The van der Waals surface area contributed by atoms with Gasteiger partial charge < -0.3 is 14.8 Å². The molecule has 0 unspecified atom stereocenters. The van der Waals surface area contributed by atoms with Gasteiger partial charge in [-0.1, -0.05) is 12.1 Å². The first-order valence-electron chi connectivity index (χ1n) is 6.04. The number of amides is 1. The number of carboxylic acid groups (broad SMARTS) is 1. The average molecular weight is 397 g/mol. The van der Waals surface area contributed by atoms with Crippen LogP contribution in [-0.4, -0.2) is 17.0 Å². The van der Waals surface area contributed by atoms with Crippen LogP contribution in [0, 0.1) is 10.5 Å². The summed E-state index contributed by atoms with van der Waals surface area (Å²) in [6.07, 6.45) is 1.28. The molecular weight excluding hydrogens is 385 g/mol. The number of benzene rings is 1. The number of aliphatic carboxylic acids is 1. The minimum atomic E-state index is -1.23. The van der Waals surface area contributed by atoms with E-state index in [-0.39, 0.29) is 5.70 Å². The number of hydrogen-bond acceptors (Lipinski definition) is 3. The fourth-order valence-corrected chi connectivity index (χ4v) is 2.29.